The molecule has 0 aliphatic rings. The average Bonchev–Trinajstić information content (AvgIpc) is 2.29. The Morgan fingerprint density at radius 1 is 1.22 bits per heavy atom. The highest BCUT2D eigenvalue weighted by Crippen LogP contribution is 2.21. The molecule has 0 saturated carbocycles. The summed E-state index contributed by atoms with van der Waals surface area (Å²) in [6.07, 6.45) is 0. The maximum absolute atomic E-state index is 12.0. The van der Waals surface area contributed by atoms with E-state index in [1.165, 1.54) is 0 Å². The van der Waals surface area contributed by atoms with Crippen LogP contribution in [-0.4, -0.2) is 26.5 Å². The zero-order valence-corrected chi connectivity index (χ0v) is 12.6. The van der Waals surface area contributed by atoms with Crippen molar-refractivity contribution in [3.63, 3.8) is 0 Å². The third-order valence-electron chi connectivity index (χ3n) is 3.28. The van der Waals surface area contributed by atoms with Gasteiger partial charge >= 0.3 is 0 Å². The summed E-state index contributed by atoms with van der Waals surface area (Å²) in [6, 6.07) is 6.00. The van der Waals surface area contributed by atoms with Crippen LogP contribution in [-0.2, 0) is 9.84 Å². The Labute approximate surface area is 111 Å². The van der Waals surface area contributed by atoms with Crippen LogP contribution in [0.3, 0.4) is 0 Å². The Morgan fingerprint density at radius 3 is 2.33 bits per heavy atom. The Bertz CT molecular complexity index is 507. The van der Waals surface area contributed by atoms with E-state index in [4.69, 9.17) is 0 Å². The molecule has 0 aromatic heterocycles. The van der Waals surface area contributed by atoms with Crippen molar-refractivity contribution in [2.24, 2.45) is 0 Å². The van der Waals surface area contributed by atoms with Gasteiger partial charge in [-0.2, -0.15) is 0 Å². The quantitative estimate of drug-likeness (QED) is 0.892. The van der Waals surface area contributed by atoms with E-state index in [0.29, 0.717) is 0 Å². The Balaban J connectivity index is 3.08. The number of aryl methyl sites for hydroxylation is 2. The van der Waals surface area contributed by atoms with E-state index in [2.05, 4.69) is 11.4 Å². The molecule has 0 heterocycles. The minimum atomic E-state index is -3.05. The first-order valence-corrected chi connectivity index (χ1v) is 7.95. The van der Waals surface area contributed by atoms with Crippen LogP contribution in [0.5, 0.6) is 0 Å². The van der Waals surface area contributed by atoms with E-state index in [9.17, 15) is 8.42 Å². The fourth-order valence-electron chi connectivity index (χ4n) is 1.89. The predicted molar refractivity (Wildman–Crippen MR) is 76.6 cm³/mol. The lowest BCUT2D eigenvalue weighted by atomic mass is 10.0. The number of hydrogen-bond donors (Lipinski definition) is 1. The van der Waals surface area contributed by atoms with Gasteiger partial charge in [-0.3, -0.25) is 0 Å². The van der Waals surface area contributed by atoms with Crippen molar-refractivity contribution >= 4 is 9.84 Å². The molecule has 0 amide bonds. The molecule has 18 heavy (non-hydrogen) atoms. The molecule has 1 rings (SSSR count). The van der Waals surface area contributed by atoms with Crippen molar-refractivity contribution in [3.8, 4) is 0 Å². The molecule has 1 atom stereocenters. The molecule has 0 saturated heterocycles. The molecule has 1 aromatic rings. The second-order valence-electron chi connectivity index (χ2n) is 5.08. The molecule has 3 nitrogen and oxygen atoms in total. The molecule has 4 heteroatoms. The Hall–Kier alpha value is -0.870. The maximum Gasteiger partial charge on any atom is 0.154 e. The second kappa shape index (κ2) is 5.85. The predicted octanol–water partition coefficient (Wildman–Crippen LogP) is 2.39. The van der Waals surface area contributed by atoms with E-state index in [0.717, 1.165) is 16.7 Å². The molecular formula is C14H23NO2S. The Morgan fingerprint density at radius 2 is 1.83 bits per heavy atom. The van der Waals surface area contributed by atoms with E-state index >= 15 is 0 Å². The zero-order chi connectivity index (χ0) is 13.9. The van der Waals surface area contributed by atoms with Gasteiger partial charge in [0, 0.05) is 6.04 Å². The van der Waals surface area contributed by atoms with Gasteiger partial charge in [0.1, 0.15) is 0 Å². The van der Waals surface area contributed by atoms with Crippen LogP contribution in [0.4, 0.5) is 0 Å². The van der Waals surface area contributed by atoms with Crippen LogP contribution in [0.15, 0.2) is 18.2 Å². The summed E-state index contributed by atoms with van der Waals surface area (Å²) in [6.45, 7) is 7.49. The van der Waals surface area contributed by atoms with Gasteiger partial charge in [0.25, 0.3) is 0 Å². The van der Waals surface area contributed by atoms with Gasteiger partial charge in [0.05, 0.1) is 11.0 Å². The highest BCUT2D eigenvalue weighted by molar-refractivity contribution is 7.92. The first-order chi connectivity index (χ1) is 8.27. The van der Waals surface area contributed by atoms with Gasteiger partial charge in [-0.15, -0.1) is 0 Å². The maximum atomic E-state index is 12.0. The molecule has 0 aliphatic carbocycles. The van der Waals surface area contributed by atoms with E-state index in [1.54, 1.807) is 13.8 Å². The highest BCUT2D eigenvalue weighted by atomic mass is 32.2. The summed E-state index contributed by atoms with van der Waals surface area (Å²) in [5.74, 6) is 0.144. The second-order valence-corrected chi connectivity index (χ2v) is 7.68. The lowest BCUT2D eigenvalue weighted by Crippen LogP contribution is -2.29. The van der Waals surface area contributed by atoms with Crippen LogP contribution in [0.2, 0.25) is 0 Å². The summed E-state index contributed by atoms with van der Waals surface area (Å²) < 4.78 is 24.1. The SMILES string of the molecule is CNC(CS(=O)(=O)C(C)C)c1cc(C)ccc1C. The minimum absolute atomic E-state index is 0.141. The number of sulfone groups is 1. The van der Waals surface area contributed by atoms with Crippen LogP contribution in [0.25, 0.3) is 0 Å². The minimum Gasteiger partial charge on any atom is -0.312 e. The van der Waals surface area contributed by atoms with Crippen LogP contribution in [0.1, 0.15) is 36.6 Å². The molecular weight excluding hydrogens is 246 g/mol. The summed E-state index contributed by atoms with van der Waals surface area (Å²) >= 11 is 0. The average molecular weight is 269 g/mol. The van der Waals surface area contributed by atoms with Crippen molar-refractivity contribution in [3.05, 3.63) is 34.9 Å². The summed E-state index contributed by atoms with van der Waals surface area (Å²) in [5.41, 5.74) is 3.35. The van der Waals surface area contributed by atoms with Gasteiger partial charge in [0.15, 0.2) is 9.84 Å². The Kier molecular flexibility index (Phi) is 4.93. The summed E-state index contributed by atoms with van der Waals surface area (Å²) in [7, 11) is -1.24. The number of nitrogens with one attached hydrogen (secondary N) is 1. The summed E-state index contributed by atoms with van der Waals surface area (Å²) in [4.78, 5) is 0. The third-order valence-corrected chi connectivity index (χ3v) is 5.51. The molecule has 1 aromatic carbocycles. The van der Waals surface area contributed by atoms with Gasteiger partial charge in [-0.1, -0.05) is 23.8 Å². The number of hydrogen-bond acceptors (Lipinski definition) is 3. The third kappa shape index (κ3) is 3.56. The van der Waals surface area contributed by atoms with Crippen LogP contribution >= 0.6 is 0 Å². The van der Waals surface area contributed by atoms with E-state index < -0.39 is 9.84 Å². The normalized spacial score (nSPS) is 13.9. The topological polar surface area (TPSA) is 46.2 Å². The summed E-state index contributed by atoms with van der Waals surface area (Å²) in [5, 5.41) is 2.78. The van der Waals surface area contributed by atoms with Gasteiger partial charge in [0.2, 0.25) is 0 Å². The van der Waals surface area contributed by atoms with Crippen LogP contribution in [0, 0.1) is 13.8 Å². The van der Waals surface area contributed by atoms with E-state index in [-0.39, 0.29) is 17.0 Å². The molecule has 102 valence electrons. The molecule has 0 bridgehead atoms. The number of rotatable bonds is 5. The highest BCUT2D eigenvalue weighted by Gasteiger charge is 2.23. The van der Waals surface area contributed by atoms with Crippen molar-refractivity contribution in [2.45, 2.75) is 39.0 Å². The molecule has 1 unspecified atom stereocenters. The molecule has 0 aliphatic heterocycles. The van der Waals surface area contributed by atoms with Crippen LogP contribution < -0.4 is 5.32 Å². The first kappa shape index (κ1) is 15.2. The smallest absolute Gasteiger partial charge is 0.154 e. The largest absolute Gasteiger partial charge is 0.312 e. The fraction of sp³-hybridized carbons (Fsp3) is 0.571. The zero-order valence-electron chi connectivity index (χ0n) is 11.8. The number of benzene rings is 1. The standard InChI is InChI=1S/C14H23NO2S/c1-10(2)18(16,17)9-14(15-5)13-8-11(3)6-7-12(13)4/h6-8,10,14-15H,9H2,1-5H3. The fourth-order valence-corrected chi connectivity index (χ4v) is 3.08. The van der Waals surface area contributed by atoms with Crippen molar-refractivity contribution in [1.29, 1.82) is 0 Å². The van der Waals surface area contributed by atoms with Gasteiger partial charge < -0.3 is 5.32 Å². The van der Waals surface area contributed by atoms with Crippen molar-refractivity contribution in [1.82, 2.24) is 5.32 Å². The lowest BCUT2D eigenvalue weighted by molar-refractivity contribution is 0.565. The monoisotopic (exact) mass is 269 g/mol. The van der Waals surface area contributed by atoms with Gasteiger partial charge in [-0.25, -0.2) is 8.42 Å². The molecule has 0 spiro atoms. The molecule has 1 N–H and O–H groups in total. The van der Waals surface area contributed by atoms with E-state index in [1.807, 2.05) is 33.0 Å². The molecule has 0 radical (unpaired) electrons. The first-order valence-electron chi connectivity index (χ1n) is 6.24. The molecule has 0 fully saturated rings. The lowest BCUT2D eigenvalue weighted by Gasteiger charge is -2.20. The van der Waals surface area contributed by atoms with Crippen molar-refractivity contribution in [2.75, 3.05) is 12.8 Å². The van der Waals surface area contributed by atoms with Gasteiger partial charge in [-0.05, 0) is 45.9 Å². The van der Waals surface area contributed by atoms with Crippen molar-refractivity contribution < 1.29 is 8.42 Å².